The van der Waals surface area contributed by atoms with E-state index in [9.17, 15) is 14.4 Å². The van der Waals surface area contributed by atoms with Gasteiger partial charge >= 0.3 is 0 Å². The molecular formula is C29H27N5O4S. The molecule has 0 spiro atoms. The third-order valence-corrected chi connectivity index (χ3v) is 8.69. The fourth-order valence-electron chi connectivity index (χ4n) is 5.55. The van der Waals surface area contributed by atoms with E-state index >= 15 is 0 Å². The molecule has 1 saturated heterocycles. The predicted octanol–water partition coefficient (Wildman–Crippen LogP) is 2.99. The van der Waals surface area contributed by atoms with Gasteiger partial charge in [0.15, 0.2) is 5.78 Å². The number of rotatable bonds is 5. The van der Waals surface area contributed by atoms with Gasteiger partial charge in [-0.3, -0.25) is 14.4 Å². The molecule has 3 aromatic carbocycles. The Morgan fingerprint density at radius 2 is 1.82 bits per heavy atom. The van der Waals surface area contributed by atoms with E-state index in [1.807, 2.05) is 43.3 Å². The lowest BCUT2D eigenvalue weighted by Gasteiger charge is -2.37. The SMILES string of the molecule is Cc1cc(Oc2ccccc2)ccc1C1(N)C(=O)C(N)c2c(C(=O)NC3CNC(=O)C3)sc3c(N)ccc1c23. The first kappa shape index (κ1) is 25.1. The lowest BCUT2D eigenvalue weighted by Crippen LogP contribution is -2.53. The van der Waals surface area contributed by atoms with Gasteiger partial charge in [0.1, 0.15) is 17.0 Å². The molecule has 2 heterocycles. The van der Waals surface area contributed by atoms with Crippen LogP contribution in [0.4, 0.5) is 5.69 Å². The number of para-hydroxylation sites is 1. The van der Waals surface area contributed by atoms with Gasteiger partial charge < -0.3 is 32.6 Å². The highest BCUT2D eigenvalue weighted by Gasteiger charge is 2.49. The van der Waals surface area contributed by atoms with Gasteiger partial charge in [-0.2, -0.15) is 0 Å². The molecule has 2 amide bonds. The van der Waals surface area contributed by atoms with Crippen LogP contribution in [0.1, 0.15) is 44.4 Å². The molecule has 10 heteroatoms. The van der Waals surface area contributed by atoms with Gasteiger partial charge in [0.2, 0.25) is 5.91 Å². The third-order valence-electron chi connectivity index (χ3n) is 7.43. The zero-order valence-corrected chi connectivity index (χ0v) is 21.9. The van der Waals surface area contributed by atoms with Crippen molar-refractivity contribution in [1.29, 1.82) is 0 Å². The van der Waals surface area contributed by atoms with Crippen LogP contribution < -0.4 is 32.6 Å². The maximum absolute atomic E-state index is 14.0. The standard InChI is InChI=1S/C29H27N5O4S/c1-14-11-17(38-16-5-3-2-4-6-16)7-8-18(14)29(32)19-9-10-20(30)25-22(19)23(24(31)27(29)36)26(39-25)28(37)34-15-12-21(35)33-13-15/h2-11,15,24H,12-13,30-32H2,1H3,(H,33,35)(H,34,37). The minimum Gasteiger partial charge on any atom is -0.457 e. The number of ether oxygens (including phenoxy) is 1. The fourth-order valence-corrected chi connectivity index (χ4v) is 6.76. The first-order valence-electron chi connectivity index (χ1n) is 12.5. The zero-order valence-electron chi connectivity index (χ0n) is 21.1. The number of Topliss-reactive ketones (excluding diaryl/α,β-unsaturated/α-hetero) is 1. The number of nitrogens with two attached hydrogens (primary N) is 3. The summed E-state index contributed by atoms with van der Waals surface area (Å²) in [6.45, 7) is 2.21. The van der Waals surface area contributed by atoms with Crippen LogP contribution >= 0.6 is 11.3 Å². The smallest absolute Gasteiger partial charge is 0.262 e. The van der Waals surface area contributed by atoms with Gasteiger partial charge in [0.25, 0.3) is 5.91 Å². The van der Waals surface area contributed by atoms with Crippen LogP contribution in [0.15, 0.2) is 60.7 Å². The van der Waals surface area contributed by atoms with Crippen molar-refractivity contribution in [2.45, 2.75) is 31.0 Å². The van der Waals surface area contributed by atoms with Crippen molar-refractivity contribution in [3.05, 3.63) is 87.8 Å². The number of thiophene rings is 1. The zero-order chi connectivity index (χ0) is 27.5. The summed E-state index contributed by atoms with van der Waals surface area (Å²) in [7, 11) is 0. The van der Waals surface area contributed by atoms with Gasteiger partial charge in [0, 0.05) is 29.6 Å². The number of aryl methyl sites for hydroxylation is 1. The molecule has 4 aromatic rings. The summed E-state index contributed by atoms with van der Waals surface area (Å²) >= 11 is 1.18. The van der Waals surface area contributed by atoms with Crippen LogP contribution in [0, 0.1) is 6.92 Å². The number of anilines is 1. The van der Waals surface area contributed by atoms with Gasteiger partial charge in [-0.1, -0.05) is 30.3 Å². The second-order valence-corrected chi connectivity index (χ2v) is 11.0. The second kappa shape index (κ2) is 9.19. The Kier molecular flexibility index (Phi) is 5.91. The predicted molar refractivity (Wildman–Crippen MR) is 150 cm³/mol. The van der Waals surface area contributed by atoms with Gasteiger partial charge in [-0.25, -0.2) is 0 Å². The molecule has 3 atom stereocenters. The summed E-state index contributed by atoms with van der Waals surface area (Å²) in [6, 6.07) is 16.7. The Balaban J connectivity index is 1.45. The van der Waals surface area contributed by atoms with Crippen molar-refractivity contribution in [3.63, 3.8) is 0 Å². The molecule has 1 fully saturated rings. The number of nitrogen functional groups attached to an aromatic ring is 1. The molecule has 1 aliphatic carbocycles. The summed E-state index contributed by atoms with van der Waals surface area (Å²) in [5.74, 6) is 0.348. The molecule has 1 aliphatic heterocycles. The fraction of sp³-hybridized carbons (Fsp3) is 0.207. The average molecular weight is 542 g/mol. The molecule has 3 unspecified atom stereocenters. The highest BCUT2D eigenvalue weighted by molar-refractivity contribution is 7.21. The quantitative estimate of drug-likeness (QED) is 0.243. The van der Waals surface area contributed by atoms with E-state index in [0.717, 1.165) is 5.56 Å². The summed E-state index contributed by atoms with van der Waals surface area (Å²) in [6.07, 6.45) is 0.194. The maximum atomic E-state index is 14.0. The van der Waals surface area contributed by atoms with Gasteiger partial charge in [-0.15, -0.1) is 11.3 Å². The number of hydrogen-bond donors (Lipinski definition) is 5. The van der Waals surface area contributed by atoms with Crippen LogP contribution in [0.3, 0.4) is 0 Å². The van der Waals surface area contributed by atoms with Crippen molar-refractivity contribution in [2.24, 2.45) is 11.5 Å². The summed E-state index contributed by atoms with van der Waals surface area (Å²) in [4.78, 5) is 39.3. The monoisotopic (exact) mass is 541 g/mol. The molecule has 39 heavy (non-hydrogen) atoms. The van der Waals surface area contributed by atoms with Crippen molar-refractivity contribution in [2.75, 3.05) is 12.3 Å². The number of carbonyl (C=O) groups excluding carboxylic acids is 3. The topological polar surface area (TPSA) is 163 Å². The van der Waals surface area contributed by atoms with Crippen molar-refractivity contribution >= 4 is 44.7 Å². The largest absolute Gasteiger partial charge is 0.457 e. The van der Waals surface area contributed by atoms with Crippen LogP contribution in [-0.2, 0) is 15.1 Å². The van der Waals surface area contributed by atoms with E-state index < -0.39 is 23.3 Å². The van der Waals surface area contributed by atoms with E-state index in [1.54, 1.807) is 24.3 Å². The summed E-state index contributed by atoms with van der Waals surface area (Å²) < 4.78 is 6.61. The van der Waals surface area contributed by atoms with E-state index in [2.05, 4.69) is 10.6 Å². The number of amides is 2. The minimum absolute atomic E-state index is 0.125. The first-order chi connectivity index (χ1) is 18.7. The number of hydrogen-bond acceptors (Lipinski definition) is 8. The molecular weight excluding hydrogens is 514 g/mol. The second-order valence-electron chi connectivity index (χ2n) is 9.97. The molecule has 0 saturated carbocycles. The Labute approximate surface area is 228 Å². The lowest BCUT2D eigenvalue weighted by molar-refractivity contribution is -0.124. The van der Waals surface area contributed by atoms with E-state index in [1.165, 1.54) is 11.3 Å². The molecule has 2 aliphatic rings. The van der Waals surface area contributed by atoms with E-state index in [-0.39, 0.29) is 18.4 Å². The minimum atomic E-state index is -1.57. The van der Waals surface area contributed by atoms with Crippen molar-refractivity contribution in [3.8, 4) is 11.5 Å². The van der Waals surface area contributed by atoms with E-state index in [0.29, 0.717) is 55.4 Å². The average Bonchev–Trinajstić information content (AvgIpc) is 3.52. The number of nitrogens with one attached hydrogen (secondary N) is 2. The molecule has 9 nitrogen and oxygen atoms in total. The van der Waals surface area contributed by atoms with Crippen LogP contribution in [0.25, 0.3) is 10.1 Å². The lowest BCUT2D eigenvalue weighted by atomic mass is 9.69. The van der Waals surface area contributed by atoms with Gasteiger partial charge in [0.05, 0.1) is 21.7 Å². The van der Waals surface area contributed by atoms with Crippen LogP contribution in [0.2, 0.25) is 0 Å². The van der Waals surface area contributed by atoms with Gasteiger partial charge in [-0.05, 0) is 53.9 Å². The molecule has 6 rings (SSSR count). The normalized spacial score (nSPS) is 22.1. The maximum Gasteiger partial charge on any atom is 0.262 e. The van der Waals surface area contributed by atoms with Crippen LogP contribution in [0.5, 0.6) is 11.5 Å². The Morgan fingerprint density at radius 1 is 1.08 bits per heavy atom. The Morgan fingerprint density at radius 3 is 2.51 bits per heavy atom. The number of benzene rings is 3. The Bertz CT molecular complexity index is 1670. The summed E-state index contributed by atoms with van der Waals surface area (Å²) in [5, 5.41) is 6.22. The Hall–Kier alpha value is -4.25. The first-order valence-corrected chi connectivity index (χ1v) is 13.4. The highest BCUT2D eigenvalue weighted by atomic mass is 32.1. The molecule has 198 valence electrons. The molecule has 8 N–H and O–H groups in total. The highest BCUT2D eigenvalue weighted by Crippen LogP contribution is 2.50. The van der Waals surface area contributed by atoms with E-state index in [4.69, 9.17) is 21.9 Å². The number of carbonyl (C=O) groups is 3. The molecule has 0 bridgehead atoms. The summed E-state index contributed by atoms with van der Waals surface area (Å²) in [5.41, 5.74) is 21.1. The van der Waals surface area contributed by atoms with Crippen LogP contribution in [-0.4, -0.2) is 30.2 Å². The van der Waals surface area contributed by atoms with Crippen molar-refractivity contribution < 1.29 is 19.1 Å². The third kappa shape index (κ3) is 3.95. The molecule has 0 radical (unpaired) electrons. The molecule has 1 aromatic heterocycles. The number of ketones is 1. The van der Waals surface area contributed by atoms with Crippen molar-refractivity contribution in [1.82, 2.24) is 10.6 Å².